The van der Waals surface area contributed by atoms with E-state index in [4.69, 9.17) is 14.8 Å². The molecule has 0 aromatic rings. The summed E-state index contributed by atoms with van der Waals surface area (Å²) in [5.74, 6) is 0. The second kappa shape index (κ2) is 10.2. The van der Waals surface area contributed by atoms with E-state index in [1.54, 1.807) is 0 Å². The van der Waals surface area contributed by atoms with Crippen molar-refractivity contribution in [3.63, 3.8) is 0 Å². The maximum absolute atomic E-state index is 7.38. The molecule has 0 radical (unpaired) electrons. The van der Waals surface area contributed by atoms with Gasteiger partial charge in [0.2, 0.25) is 0 Å². The summed E-state index contributed by atoms with van der Waals surface area (Å²) in [4.78, 5) is 0. The van der Waals surface area contributed by atoms with Crippen LogP contribution in [0, 0.1) is 0 Å². The fourth-order valence-electron chi connectivity index (χ4n) is 0. The Morgan fingerprint density at radius 3 is 0.875 bits per heavy atom. The molecule has 42 valence electrons. The molecule has 0 amide bonds. The zero-order chi connectivity index (χ0) is 4.50. The molecule has 8 heavy (non-hydrogen) atoms. The summed E-state index contributed by atoms with van der Waals surface area (Å²) in [6.07, 6.45) is 0. The average Bonchev–Trinajstić information content (AvgIpc) is 0.722. The fraction of sp³-hybridized carbons (Fsp3) is 0. The quantitative estimate of drug-likeness (QED) is 0.330. The molecule has 0 spiro atoms. The van der Waals surface area contributed by atoms with Gasteiger partial charge in [0, 0.05) is 19.5 Å². The maximum Gasteiger partial charge on any atom is 0 e. The summed E-state index contributed by atoms with van der Waals surface area (Å²) in [7, 11) is 0. The van der Waals surface area contributed by atoms with E-state index in [-0.39, 0.29) is 80.3 Å². The van der Waals surface area contributed by atoms with Gasteiger partial charge in [-0.05, 0) is 0 Å². The van der Waals surface area contributed by atoms with Crippen LogP contribution in [-0.4, -0.2) is 75.5 Å². The van der Waals surface area contributed by atoms with E-state index in [1.165, 1.54) is 0 Å². The van der Waals surface area contributed by atoms with Crippen LogP contribution in [0.3, 0.4) is 0 Å². The topological polar surface area (TPSA) is 80.9 Å². The van der Waals surface area contributed by atoms with Crippen molar-refractivity contribution in [2.24, 2.45) is 0 Å². The van der Waals surface area contributed by atoms with Crippen LogP contribution in [0.4, 0.5) is 0 Å². The first kappa shape index (κ1) is 22.5. The summed E-state index contributed by atoms with van der Waals surface area (Å²) in [5, 5.41) is 0. The van der Waals surface area contributed by atoms with Gasteiger partial charge in [-0.25, -0.2) is 0 Å². The van der Waals surface area contributed by atoms with E-state index in [2.05, 4.69) is 0 Å². The minimum atomic E-state index is -5.00. The monoisotopic (exact) mass is 248 g/mol. The van der Waals surface area contributed by atoms with Crippen molar-refractivity contribution >= 4 is 60.8 Å². The van der Waals surface area contributed by atoms with Crippen molar-refractivity contribution in [3.05, 3.63) is 0 Å². The van der Waals surface area contributed by atoms with Crippen LogP contribution in [0.15, 0.2) is 0 Å². The first-order chi connectivity index (χ1) is 2.00. The normalized spacial score (nSPS) is 7.50. The Morgan fingerprint density at radius 1 is 0.875 bits per heavy atom. The van der Waals surface area contributed by atoms with Gasteiger partial charge < -0.3 is 0 Å². The number of rotatable bonds is 0. The molecule has 0 unspecified atom stereocenters. The first-order valence-corrected chi connectivity index (χ1v) is 3.69. The van der Waals surface area contributed by atoms with Gasteiger partial charge in [0.15, 0.2) is 0 Å². The van der Waals surface area contributed by atoms with Crippen molar-refractivity contribution < 1.29 is 52.4 Å². The van der Waals surface area contributed by atoms with Gasteiger partial charge in [-0.2, -0.15) is 0 Å². The Hall–Kier alpha value is 3.20. The molecule has 0 aromatic heterocycles. The van der Waals surface area contributed by atoms with Crippen molar-refractivity contribution in [1.82, 2.24) is 0 Å². The molecule has 0 fully saturated rings. The second-order valence-electron chi connectivity index (χ2n) is 0.600. The van der Waals surface area contributed by atoms with Crippen molar-refractivity contribution in [2.75, 3.05) is 0 Å². The smallest absolute Gasteiger partial charge is 0 e. The summed E-state index contributed by atoms with van der Waals surface area (Å²) in [6, 6.07) is 0. The fourth-order valence-corrected chi connectivity index (χ4v) is 0. The molecule has 0 rings (SSSR count). The minimum Gasteiger partial charge on any atom is 0 e. The van der Waals surface area contributed by atoms with E-state index in [0.29, 0.717) is 0 Å². The molecule has 0 aliphatic heterocycles. The Morgan fingerprint density at radius 2 is 0.875 bits per heavy atom. The molecule has 0 heterocycles. The van der Waals surface area contributed by atoms with Crippen LogP contribution in [0.25, 0.3) is 0 Å². The third-order valence-corrected chi connectivity index (χ3v) is 0. The van der Waals surface area contributed by atoms with Crippen LogP contribution in [0.5, 0.6) is 0 Å². The van der Waals surface area contributed by atoms with Gasteiger partial charge >= 0.3 is 93.7 Å². The van der Waals surface area contributed by atoms with Crippen molar-refractivity contribution in [2.45, 2.75) is 0 Å². The van der Waals surface area contributed by atoms with Gasteiger partial charge in [-0.15, -0.1) is 0 Å². The minimum absolute atomic E-state index is 0. The molecule has 0 saturated heterocycles. The third kappa shape index (κ3) is 60.4. The van der Waals surface area contributed by atoms with Crippen LogP contribution in [0.1, 0.15) is 0 Å². The Bertz CT molecular complexity index is 31.5. The summed E-state index contributed by atoms with van der Waals surface area (Å²) in [6.45, 7) is 0. The predicted octanol–water partition coefficient (Wildman–Crippen LogP) is -4.07. The maximum atomic E-state index is 7.38. The molecule has 8 heteroatoms. The Labute approximate surface area is 111 Å². The van der Waals surface area contributed by atoms with E-state index in [9.17, 15) is 0 Å². The summed E-state index contributed by atoms with van der Waals surface area (Å²) in [5.41, 5.74) is 0. The molecule has 0 aromatic carbocycles. The van der Waals surface area contributed by atoms with Crippen molar-refractivity contribution in [1.29, 1.82) is 0 Å². The van der Waals surface area contributed by atoms with Gasteiger partial charge in [0.05, 0.1) is 0 Å². The molecular formula is H8CaMgO4TiZn. The molecule has 0 aliphatic carbocycles. The third-order valence-electron chi connectivity index (χ3n) is 0. The van der Waals surface area contributed by atoms with E-state index >= 15 is 0 Å². The molecule has 0 atom stereocenters. The predicted molar refractivity (Wildman–Crippen MR) is 26.0 cm³/mol. The Balaban J connectivity index is -0.0000000267. The summed E-state index contributed by atoms with van der Waals surface area (Å²) < 4.78 is 29.5. The van der Waals surface area contributed by atoms with E-state index in [1.807, 2.05) is 0 Å². The number of hydrogen-bond donors (Lipinski definition) is 4. The zero-order valence-electron chi connectivity index (χ0n) is 3.00. The van der Waals surface area contributed by atoms with E-state index < -0.39 is 18.1 Å². The first-order valence-electron chi connectivity index (χ1n) is 0.894. The SMILES string of the molecule is [CaH2].[MgH2].[OH][Ti]([OH])([OH])[OH].[Zn]. The molecule has 0 saturated carbocycles. The van der Waals surface area contributed by atoms with Crippen LogP contribution in [-0.2, 0) is 37.6 Å². The molecular weight excluding hydrogens is 242 g/mol. The second-order valence-corrected chi connectivity index (χ2v) is 2.47. The van der Waals surface area contributed by atoms with Crippen molar-refractivity contribution in [3.8, 4) is 0 Å². The number of hydrogen-bond acceptors (Lipinski definition) is 4. The van der Waals surface area contributed by atoms with Crippen LogP contribution >= 0.6 is 0 Å². The average molecular weight is 250 g/mol. The van der Waals surface area contributed by atoms with Crippen LogP contribution in [0.2, 0.25) is 0 Å². The largest absolute Gasteiger partial charge is 0 e. The van der Waals surface area contributed by atoms with Gasteiger partial charge in [-0.3, -0.25) is 0 Å². The molecule has 4 nitrogen and oxygen atoms in total. The Kier molecular flexibility index (Phi) is 28.7. The van der Waals surface area contributed by atoms with E-state index in [0.717, 1.165) is 0 Å². The standard InChI is InChI=1S/Ca.Mg.4H2O.Ti.Zn.4H/h;;4*1H2;;;;;;/q;;;;;;+4;;;;;/p-4. The molecule has 0 bridgehead atoms. The van der Waals surface area contributed by atoms with Gasteiger partial charge in [-0.1, -0.05) is 0 Å². The van der Waals surface area contributed by atoms with Gasteiger partial charge in [0.25, 0.3) is 0 Å². The summed E-state index contributed by atoms with van der Waals surface area (Å²) >= 11 is -5.00. The van der Waals surface area contributed by atoms with Gasteiger partial charge in [0.1, 0.15) is 0 Å². The van der Waals surface area contributed by atoms with Crippen LogP contribution < -0.4 is 0 Å². The molecule has 4 N–H and O–H groups in total. The molecule has 0 aliphatic rings. The zero-order valence-corrected chi connectivity index (χ0v) is 7.52.